The van der Waals surface area contributed by atoms with Crippen LogP contribution >= 0.6 is 0 Å². The molecule has 1 aromatic heterocycles. The van der Waals surface area contributed by atoms with Crippen molar-refractivity contribution < 1.29 is 13.2 Å². The Morgan fingerprint density at radius 2 is 1.89 bits per heavy atom. The molecular weight excluding hydrogens is 257 g/mol. The van der Waals surface area contributed by atoms with Crippen LogP contribution in [0.5, 0.6) is 0 Å². The summed E-state index contributed by atoms with van der Waals surface area (Å²) in [6.07, 6.45) is -4.38. The number of anilines is 2. The fraction of sp³-hybridized carbons (Fsp3) is 0.667. The van der Waals surface area contributed by atoms with E-state index in [0.29, 0.717) is 23.9 Å². The van der Waals surface area contributed by atoms with Gasteiger partial charge in [-0.1, -0.05) is 6.92 Å². The molecule has 0 aromatic carbocycles. The van der Waals surface area contributed by atoms with E-state index < -0.39 is 12.6 Å². The molecule has 0 aliphatic heterocycles. The number of alkyl halides is 3. The molecule has 108 valence electrons. The molecule has 0 atom stereocenters. The highest BCUT2D eigenvalue weighted by molar-refractivity contribution is 5.58. The second-order valence-electron chi connectivity index (χ2n) is 4.33. The van der Waals surface area contributed by atoms with Crippen molar-refractivity contribution in [2.75, 3.05) is 30.9 Å². The van der Waals surface area contributed by atoms with E-state index in [1.54, 1.807) is 21.0 Å². The summed E-state index contributed by atoms with van der Waals surface area (Å²) in [7, 11) is 3.34. The third kappa shape index (κ3) is 4.25. The van der Waals surface area contributed by atoms with Gasteiger partial charge in [-0.15, -0.1) is 0 Å². The molecule has 19 heavy (non-hydrogen) atoms. The van der Waals surface area contributed by atoms with Crippen molar-refractivity contribution in [2.45, 2.75) is 32.9 Å². The first-order valence-electron chi connectivity index (χ1n) is 6.11. The molecule has 1 aromatic rings. The van der Waals surface area contributed by atoms with Gasteiger partial charge in [0.1, 0.15) is 17.5 Å². The highest BCUT2D eigenvalue weighted by atomic mass is 19.4. The predicted molar refractivity (Wildman–Crippen MR) is 69.6 cm³/mol. The topological polar surface area (TPSA) is 41.1 Å². The molecule has 0 bridgehead atoms. The van der Waals surface area contributed by atoms with E-state index in [4.69, 9.17) is 0 Å². The minimum Gasteiger partial charge on any atom is -0.373 e. The zero-order valence-corrected chi connectivity index (χ0v) is 11.6. The first-order valence-corrected chi connectivity index (χ1v) is 6.11. The molecule has 1 heterocycles. The van der Waals surface area contributed by atoms with Crippen molar-refractivity contribution in [3.63, 3.8) is 0 Å². The lowest BCUT2D eigenvalue weighted by Gasteiger charge is -2.22. The summed E-state index contributed by atoms with van der Waals surface area (Å²) in [5, 5.41) is 2.94. The quantitative estimate of drug-likeness (QED) is 0.898. The van der Waals surface area contributed by atoms with Gasteiger partial charge in [-0.3, -0.25) is 0 Å². The number of aryl methyl sites for hydroxylation is 1. The number of rotatable bonds is 5. The van der Waals surface area contributed by atoms with Crippen molar-refractivity contribution in [2.24, 2.45) is 0 Å². The van der Waals surface area contributed by atoms with Crippen molar-refractivity contribution in [1.82, 2.24) is 9.97 Å². The van der Waals surface area contributed by atoms with E-state index in [2.05, 4.69) is 15.3 Å². The Morgan fingerprint density at radius 1 is 1.26 bits per heavy atom. The van der Waals surface area contributed by atoms with E-state index in [1.807, 2.05) is 6.92 Å². The van der Waals surface area contributed by atoms with Crippen LogP contribution in [0.1, 0.15) is 24.7 Å². The van der Waals surface area contributed by atoms with E-state index in [1.165, 1.54) is 4.90 Å². The zero-order chi connectivity index (χ0) is 14.6. The Kier molecular flexibility index (Phi) is 4.97. The largest absolute Gasteiger partial charge is 0.390 e. The third-order valence-electron chi connectivity index (χ3n) is 2.81. The van der Waals surface area contributed by atoms with Gasteiger partial charge >= 0.3 is 6.18 Å². The monoisotopic (exact) mass is 276 g/mol. The Morgan fingerprint density at radius 3 is 2.37 bits per heavy atom. The van der Waals surface area contributed by atoms with Gasteiger partial charge < -0.3 is 10.2 Å². The van der Waals surface area contributed by atoms with Gasteiger partial charge in [-0.05, 0) is 6.92 Å². The lowest BCUT2D eigenvalue weighted by Crippen LogP contribution is -2.26. The number of hydrogen-bond acceptors (Lipinski definition) is 4. The van der Waals surface area contributed by atoms with Crippen LogP contribution in [0.4, 0.5) is 24.8 Å². The molecule has 7 heteroatoms. The molecule has 0 amide bonds. The van der Waals surface area contributed by atoms with E-state index in [0.717, 1.165) is 5.56 Å². The van der Waals surface area contributed by atoms with E-state index >= 15 is 0 Å². The third-order valence-corrected chi connectivity index (χ3v) is 2.81. The van der Waals surface area contributed by atoms with E-state index in [-0.39, 0.29) is 6.54 Å². The number of nitrogens with zero attached hydrogens (tertiary/aromatic N) is 3. The maximum atomic E-state index is 12.3. The molecule has 0 spiro atoms. The van der Waals surface area contributed by atoms with Crippen molar-refractivity contribution in [1.29, 1.82) is 0 Å². The summed E-state index contributed by atoms with van der Waals surface area (Å²) in [6, 6.07) is 0. The molecular formula is C12H19F3N4. The fourth-order valence-electron chi connectivity index (χ4n) is 1.72. The molecule has 0 aliphatic rings. The number of nitrogens with one attached hydrogen (secondary N) is 1. The molecule has 0 radical (unpaired) electrons. The zero-order valence-electron chi connectivity index (χ0n) is 11.6. The molecule has 0 unspecified atom stereocenters. The minimum absolute atomic E-state index is 0.117. The van der Waals surface area contributed by atoms with Crippen LogP contribution in [-0.4, -0.2) is 36.8 Å². The van der Waals surface area contributed by atoms with E-state index in [9.17, 15) is 13.2 Å². The van der Waals surface area contributed by atoms with Gasteiger partial charge in [0.25, 0.3) is 0 Å². The summed E-state index contributed by atoms with van der Waals surface area (Å²) in [5.74, 6) is 1.81. The second kappa shape index (κ2) is 6.08. The minimum atomic E-state index is -4.16. The van der Waals surface area contributed by atoms with Crippen LogP contribution in [0.25, 0.3) is 0 Å². The molecule has 0 fully saturated rings. The van der Waals surface area contributed by atoms with Crippen LogP contribution in [0.2, 0.25) is 0 Å². The first-order chi connectivity index (χ1) is 8.78. The van der Waals surface area contributed by atoms with Gasteiger partial charge in [0.05, 0.1) is 6.42 Å². The molecule has 0 aliphatic carbocycles. The molecule has 0 saturated heterocycles. The predicted octanol–water partition coefficient (Wildman–Crippen LogP) is 2.78. The Labute approximate surface area is 111 Å². The summed E-state index contributed by atoms with van der Waals surface area (Å²) in [4.78, 5) is 10.1. The lowest BCUT2D eigenvalue weighted by atomic mass is 10.2. The van der Waals surface area contributed by atoms with Gasteiger partial charge in [-0.2, -0.15) is 13.2 Å². The number of aromatic nitrogens is 2. The Balaban J connectivity index is 2.98. The van der Waals surface area contributed by atoms with Gasteiger partial charge in [-0.25, -0.2) is 9.97 Å². The van der Waals surface area contributed by atoms with Crippen LogP contribution in [0, 0.1) is 6.92 Å². The van der Waals surface area contributed by atoms with Crippen molar-refractivity contribution >= 4 is 11.6 Å². The second-order valence-corrected chi connectivity index (χ2v) is 4.33. The highest BCUT2D eigenvalue weighted by Gasteiger charge is 2.27. The van der Waals surface area contributed by atoms with Gasteiger partial charge in [0.15, 0.2) is 0 Å². The van der Waals surface area contributed by atoms with Crippen LogP contribution in [-0.2, 0) is 6.42 Å². The average Bonchev–Trinajstić information content (AvgIpc) is 2.35. The molecule has 4 nitrogen and oxygen atoms in total. The highest BCUT2D eigenvalue weighted by Crippen LogP contribution is 2.25. The maximum Gasteiger partial charge on any atom is 0.390 e. The van der Waals surface area contributed by atoms with Crippen LogP contribution in [0.3, 0.4) is 0 Å². The maximum absolute atomic E-state index is 12.3. The molecule has 0 saturated carbocycles. The first kappa shape index (κ1) is 15.5. The van der Waals surface area contributed by atoms with Crippen LogP contribution < -0.4 is 10.2 Å². The van der Waals surface area contributed by atoms with Gasteiger partial charge in [0, 0.05) is 32.6 Å². The lowest BCUT2D eigenvalue weighted by molar-refractivity contribution is -0.132. The van der Waals surface area contributed by atoms with Crippen LogP contribution in [0.15, 0.2) is 0 Å². The summed E-state index contributed by atoms with van der Waals surface area (Å²) in [6.45, 7) is 3.59. The molecule has 1 N–H and O–H groups in total. The smallest absolute Gasteiger partial charge is 0.373 e. The summed E-state index contributed by atoms with van der Waals surface area (Å²) >= 11 is 0. The Hall–Kier alpha value is -1.53. The normalized spacial score (nSPS) is 11.5. The molecule has 1 rings (SSSR count). The summed E-state index contributed by atoms with van der Waals surface area (Å²) in [5.41, 5.74) is 0.754. The summed E-state index contributed by atoms with van der Waals surface area (Å²) < 4.78 is 36.8. The van der Waals surface area contributed by atoms with Crippen molar-refractivity contribution in [3.8, 4) is 0 Å². The van der Waals surface area contributed by atoms with Crippen molar-refractivity contribution in [3.05, 3.63) is 11.4 Å². The SMILES string of the molecule is CCc1nc(NC)c(C)c(N(C)CCC(F)(F)F)n1. The number of hydrogen-bond donors (Lipinski definition) is 1. The fourth-order valence-corrected chi connectivity index (χ4v) is 1.72. The number of halogens is 3. The van der Waals surface area contributed by atoms with Gasteiger partial charge in [0.2, 0.25) is 0 Å². The average molecular weight is 276 g/mol. The standard InChI is InChI=1S/C12H19F3N4/c1-5-9-17-10(16-3)8(2)11(18-9)19(4)7-6-12(13,14)15/h5-7H2,1-4H3,(H,16,17,18). The Bertz CT molecular complexity index is 432.